The van der Waals surface area contributed by atoms with Crippen LogP contribution in [0.5, 0.6) is 0 Å². The molecule has 5 heteroatoms. The Morgan fingerprint density at radius 3 is 2.89 bits per heavy atom. The molecule has 0 heterocycles. The maximum atomic E-state index is 9.38. The normalized spacial score (nSPS) is 12.7. The molecule has 0 aliphatic rings. The number of halogens is 1. The summed E-state index contributed by atoms with van der Waals surface area (Å²) in [6.45, 7) is 3.77. The van der Waals surface area contributed by atoms with Crippen molar-refractivity contribution in [2.24, 2.45) is 0 Å². The van der Waals surface area contributed by atoms with Crippen LogP contribution in [0.15, 0.2) is 27.6 Å². The van der Waals surface area contributed by atoms with Crippen LogP contribution in [0.3, 0.4) is 0 Å². The van der Waals surface area contributed by atoms with Gasteiger partial charge < -0.3 is 15.5 Å². The Morgan fingerprint density at radius 1 is 1.44 bits per heavy atom. The average molecular weight is 334 g/mol. The van der Waals surface area contributed by atoms with Crippen LogP contribution in [0.2, 0.25) is 0 Å². The van der Waals surface area contributed by atoms with Crippen LogP contribution in [-0.2, 0) is 6.54 Å². The van der Waals surface area contributed by atoms with Crippen molar-refractivity contribution in [3.8, 4) is 0 Å². The summed E-state index contributed by atoms with van der Waals surface area (Å²) in [4.78, 5) is 1.15. The highest BCUT2D eigenvalue weighted by atomic mass is 79.9. The quantitative estimate of drug-likeness (QED) is 0.505. The van der Waals surface area contributed by atoms with Crippen LogP contribution in [0.25, 0.3) is 0 Å². The van der Waals surface area contributed by atoms with Gasteiger partial charge in [-0.15, -0.1) is 11.8 Å². The summed E-state index contributed by atoms with van der Waals surface area (Å²) in [5.41, 5.74) is 1.22. The van der Waals surface area contributed by atoms with Gasteiger partial charge in [0.25, 0.3) is 0 Å². The highest BCUT2D eigenvalue weighted by Gasteiger charge is 2.07. The fraction of sp³-hybridized carbons (Fsp3) is 0.538. The lowest BCUT2D eigenvalue weighted by Gasteiger charge is -2.12. The molecule has 0 fully saturated rings. The maximum absolute atomic E-state index is 9.38. The molecule has 0 aliphatic carbocycles. The molecule has 1 unspecified atom stereocenters. The van der Waals surface area contributed by atoms with Gasteiger partial charge in [0.05, 0.1) is 12.7 Å². The second kappa shape index (κ2) is 8.93. The SMILES string of the molecule is CCCNCc1cc(Br)ccc1SCC(O)CO. The highest BCUT2D eigenvalue weighted by Crippen LogP contribution is 2.26. The van der Waals surface area contributed by atoms with Crippen molar-refractivity contribution in [2.45, 2.75) is 30.9 Å². The lowest BCUT2D eigenvalue weighted by Crippen LogP contribution is -2.16. The Hall–Kier alpha value is -0.0700. The third-order valence-electron chi connectivity index (χ3n) is 2.41. The predicted octanol–water partition coefficient (Wildman–Crippen LogP) is 2.39. The first-order chi connectivity index (χ1) is 8.67. The fourth-order valence-corrected chi connectivity index (χ4v) is 2.83. The summed E-state index contributed by atoms with van der Waals surface area (Å²) in [7, 11) is 0. The van der Waals surface area contributed by atoms with E-state index in [9.17, 15) is 5.11 Å². The molecule has 1 aromatic rings. The summed E-state index contributed by atoms with van der Waals surface area (Å²) < 4.78 is 1.06. The second-order valence-corrected chi connectivity index (χ2v) is 6.05. The molecule has 0 aliphatic heterocycles. The van der Waals surface area contributed by atoms with Gasteiger partial charge in [0.1, 0.15) is 0 Å². The van der Waals surface area contributed by atoms with Crippen molar-refractivity contribution in [2.75, 3.05) is 18.9 Å². The summed E-state index contributed by atoms with van der Waals surface area (Å²) in [5.74, 6) is 0.513. The van der Waals surface area contributed by atoms with Gasteiger partial charge in [-0.05, 0) is 36.7 Å². The van der Waals surface area contributed by atoms with E-state index in [4.69, 9.17) is 5.11 Å². The largest absolute Gasteiger partial charge is 0.394 e. The van der Waals surface area contributed by atoms with Crippen molar-refractivity contribution >= 4 is 27.7 Å². The number of aliphatic hydroxyl groups is 2. The van der Waals surface area contributed by atoms with Crippen molar-refractivity contribution in [3.05, 3.63) is 28.2 Å². The molecule has 0 saturated heterocycles. The van der Waals surface area contributed by atoms with E-state index in [1.165, 1.54) is 5.56 Å². The van der Waals surface area contributed by atoms with Crippen LogP contribution >= 0.6 is 27.7 Å². The molecule has 0 spiro atoms. The maximum Gasteiger partial charge on any atom is 0.0864 e. The molecule has 0 aromatic heterocycles. The van der Waals surface area contributed by atoms with E-state index in [-0.39, 0.29) is 6.61 Å². The van der Waals surface area contributed by atoms with Crippen molar-refractivity contribution < 1.29 is 10.2 Å². The first-order valence-electron chi connectivity index (χ1n) is 6.08. The highest BCUT2D eigenvalue weighted by molar-refractivity contribution is 9.10. The van der Waals surface area contributed by atoms with Gasteiger partial charge in [0, 0.05) is 21.7 Å². The van der Waals surface area contributed by atoms with Gasteiger partial charge in [0.15, 0.2) is 0 Å². The first kappa shape index (κ1) is 16.0. The van der Waals surface area contributed by atoms with E-state index in [1.807, 2.05) is 12.1 Å². The van der Waals surface area contributed by atoms with Crippen LogP contribution in [-0.4, -0.2) is 35.2 Å². The number of rotatable bonds is 8. The third-order valence-corrected chi connectivity index (χ3v) is 4.16. The van der Waals surface area contributed by atoms with Gasteiger partial charge in [-0.3, -0.25) is 0 Å². The number of nitrogens with one attached hydrogen (secondary N) is 1. The number of thioether (sulfide) groups is 1. The van der Waals surface area contributed by atoms with Crippen LogP contribution in [0.4, 0.5) is 0 Å². The predicted molar refractivity (Wildman–Crippen MR) is 80.0 cm³/mol. The van der Waals surface area contributed by atoms with Crippen molar-refractivity contribution in [1.82, 2.24) is 5.32 Å². The Bertz CT molecular complexity index is 363. The Kier molecular flexibility index (Phi) is 7.93. The third kappa shape index (κ3) is 5.71. The van der Waals surface area contributed by atoms with Crippen LogP contribution in [0, 0.1) is 0 Å². The van der Waals surface area contributed by atoms with Crippen LogP contribution in [0.1, 0.15) is 18.9 Å². The lowest BCUT2D eigenvalue weighted by atomic mass is 10.2. The minimum Gasteiger partial charge on any atom is -0.394 e. The molecule has 3 N–H and O–H groups in total. The van der Waals surface area contributed by atoms with Gasteiger partial charge in [-0.1, -0.05) is 22.9 Å². The Morgan fingerprint density at radius 2 is 2.22 bits per heavy atom. The molecule has 0 bridgehead atoms. The Labute approximate surface area is 121 Å². The summed E-state index contributed by atoms with van der Waals surface area (Å²) in [6.07, 6.45) is 0.454. The number of hydrogen-bond acceptors (Lipinski definition) is 4. The van der Waals surface area contributed by atoms with Gasteiger partial charge in [-0.25, -0.2) is 0 Å². The minimum atomic E-state index is -0.657. The molecular weight excluding hydrogens is 314 g/mol. The van der Waals surface area contributed by atoms with E-state index >= 15 is 0 Å². The molecule has 1 rings (SSSR count). The van der Waals surface area contributed by atoms with E-state index in [1.54, 1.807) is 11.8 Å². The molecule has 0 amide bonds. The average Bonchev–Trinajstić information content (AvgIpc) is 2.37. The molecule has 0 radical (unpaired) electrons. The number of aliphatic hydroxyl groups excluding tert-OH is 2. The number of benzene rings is 1. The van der Waals surface area contributed by atoms with Crippen molar-refractivity contribution in [1.29, 1.82) is 0 Å². The van der Waals surface area contributed by atoms with E-state index in [0.717, 1.165) is 28.9 Å². The zero-order chi connectivity index (χ0) is 13.4. The zero-order valence-electron chi connectivity index (χ0n) is 10.5. The van der Waals surface area contributed by atoms with Gasteiger partial charge >= 0.3 is 0 Å². The minimum absolute atomic E-state index is 0.188. The molecule has 0 saturated carbocycles. The molecule has 1 aromatic carbocycles. The van der Waals surface area contributed by atoms with Gasteiger partial charge in [0.2, 0.25) is 0 Å². The molecule has 3 nitrogen and oxygen atoms in total. The van der Waals surface area contributed by atoms with E-state index in [2.05, 4.69) is 34.2 Å². The zero-order valence-corrected chi connectivity index (χ0v) is 12.9. The second-order valence-electron chi connectivity index (χ2n) is 4.08. The lowest BCUT2D eigenvalue weighted by molar-refractivity contribution is 0.113. The van der Waals surface area contributed by atoms with E-state index in [0.29, 0.717) is 5.75 Å². The monoisotopic (exact) mass is 333 g/mol. The first-order valence-corrected chi connectivity index (χ1v) is 7.86. The number of hydrogen-bond donors (Lipinski definition) is 3. The Balaban J connectivity index is 2.63. The summed E-state index contributed by atoms with van der Waals surface area (Å²) >= 11 is 5.05. The molecule has 102 valence electrons. The smallest absolute Gasteiger partial charge is 0.0864 e. The van der Waals surface area contributed by atoms with E-state index < -0.39 is 6.10 Å². The fourth-order valence-electron chi connectivity index (χ4n) is 1.47. The molecule has 18 heavy (non-hydrogen) atoms. The van der Waals surface area contributed by atoms with Crippen molar-refractivity contribution in [3.63, 3.8) is 0 Å². The van der Waals surface area contributed by atoms with Gasteiger partial charge in [-0.2, -0.15) is 0 Å². The topological polar surface area (TPSA) is 52.5 Å². The van der Waals surface area contributed by atoms with Crippen LogP contribution < -0.4 is 5.32 Å². The summed E-state index contributed by atoms with van der Waals surface area (Å²) in [5, 5.41) is 21.6. The summed E-state index contributed by atoms with van der Waals surface area (Å²) in [6, 6.07) is 6.13. The molecule has 1 atom stereocenters. The standard InChI is InChI=1S/C13H20BrNO2S/c1-2-5-15-7-10-6-11(14)3-4-13(10)18-9-12(17)8-16/h3-4,6,12,15-17H,2,5,7-9H2,1H3. The molecular formula is C13H20BrNO2S.